The van der Waals surface area contributed by atoms with Gasteiger partial charge in [-0.2, -0.15) is 0 Å². The third-order valence-corrected chi connectivity index (χ3v) is 3.51. The van der Waals surface area contributed by atoms with E-state index in [0.717, 1.165) is 25.9 Å². The maximum Gasteiger partial charge on any atom is 0.226 e. The summed E-state index contributed by atoms with van der Waals surface area (Å²) >= 11 is 0. The number of nitrogens with zero attached hydrogens (tertiary/aromatic N) is 1. The van der Waals surface area contributed by atoms with Gasteiger partial charge >= 0.3 is 0 Å². The molecular formula is C14H20N2O. The fraction of sp³-hybridized carbons (Fsp3) is 0.500. The standard InChI is InChI=1S/C14H20N2O/c1-11(10-15)14(17)16-8-6-12-4-2-3-5-13(12)7-9-16/h2-5,11H,6-10,15H2,1H3. The van der Waals surface area contributed by atoms with Crippen molar-refractivity contribution in [2.24, 2.45) is 11.7 Å². The summed E-state index contributed by atoms with van der Waals surface area (Å²) in [4.78, 5) is 14.0. The predicted molar refractivity (Wildman–Crippen MR) is 68.6 cm³/mol. The van der Waals surface area contributed by atoms with Gasteiger partial charge in [-0.1, -0.05) is 31.2 Å². The van der Waals surface area contributed by atoms with Crippen molar-refractivity contribution in [2.75, 3.05) is 19.6 Å². The molecule has 1 heterocycles. The summed E-state index contributed by atoms with van der Waals surface area (Å²) in [6.07, 6.45) is 1.92. The fourth-order valence-electron chi connectivity index (χ4n) is 2.30. The number of amides is 1. The molecular weight excluding hydrogens is 212 g/mol. The lowest BCUT2D eigenvalue weighted by atomic mass is 10.0. The lowest BCUT2D eigenvalue weighted by Crippen LogP contribution is -2.39. The molecule has 2 rings (SSSR count). The molecule has 17 heavy (non-hydrogen) atoms. The van der Waals surface area contributed by atoms with E-state index in [2.05, 4.69) is 24.3 Å². The number of hydrogen-bond acceptors (Lipinski definition) is 2. The van der Waals surface area contributed by atoms with Crippen LogP contribution >= 0.6 is 0 Å². The Kier molecular flexibility index (Phi) is 3.79. The molecule has 0 bridgehead atoms. The SMILES string of the molecule is CC(CN)C(=O)N1CCc2ccccc2CC1. The zero-order valence-corrected chi connectivity index (χ0v) is 10.4. The minimum absolute atomic E-state index is 0.0591. The van der Waals surface area contributed by atoms with Crippen LogP contribution in [-0.2, 0) is 17.6 Å². The van der Waals surface area contributed by atoms with Crippen LogP contribution in [0.15, 0.2) is 24.3 Å². The highest BCUT2D eigenvalue weighted by molar-refractivity contribution is 5.78. The normalized spacial score (nSPS) is 17.2. The van der Waals surface area contributed by atoms with Crippen LogP contribution < -0.4 is 5.73 Å². The molecule has 1 aliphatic heterocycles. The highest BCUT2D eigenvalue weighted by Gasteiger charge is 2.21. The molecule has 3 heteroatoms. The van der Waals surface area contributed by atoms with Crippen molar-refractivity contribution in [3.63, 3.8) is 0 Å². The summed E-state index contributed by atoms with van der Waals surface area (Å²) in [5.41, 5.74) is 8.31. The molecule has 0 radical (unpaired) electrons. The van der Waals surface area contributed by atoms with Crippen molar-refractivity contribution in [1.82, 2.24) is 4.90 Å². The molecule has 0 saturated carbocycles. The van der Waals surface area contributed by atoms with E-state index in [9.17, 15) is 4.79 Å². The molecule has 0 spiro atoms. The Labute approximate surface area is 103 Å². The van der Waals surface area contributed by atoms with Gasteiger partial charge in [0.2, 0.25) is 5.91 Å². The van der Waals surface area contributed by atoms with Crippen LogP contribution in [0.4, 0.5) is 0 Å². The minimum Gasteiger partial charge on any atom is -0.342 e. The Morgan fingerprint density at radius 1 is 1.29 bits per heavy atom. The van der Waals surface area contributed by atoms with Crippen LogP contribution in [0.3, 0.4) is 0 Å². The van der Waals surface area contributed by atoms with E-state index in [1.807, 2.05) is 11.8 Å². The third-order valence-electron chi connectivity index (χ3n) is 3.51. The van der Waals surface area contributed by atoms with Crippen LogP contribution in [-0.4, -0.2) is 30.4 Å². The second kappa shape index (κ2) is 5.32. The number of carbonyl (C=O) groups is 1. The van der Waals surface area contributed by atoms with E-state index in [-0.39, 0.29) is 11.8 Å². The highest BCUT2D eigenvalue weighted by Crippen LogP contribution is 2.16. The van der Waals surface area contributed by atoms with Crippen LogP contribution in [0.1, 0.15) is 18.1 Å². The molecule has 1 aromatic rings. The van der Waals surface area contributed by atoms with Gasteiger partial charge < -0.3 is 10.6 Å². The first kappa shape index (κ1) is 12.1. The Hall–Kier alpha value is -1.35. The molecule has 92 valence electrons. The molecule has 1 aromatic carbocycles. The van der Waals surface area contributed by atoms with Gasteiger partial charge in [-0.25, -0.2) is 0 Å². The van der Waals surface area contributed by atoms with Gasteiger partial charge in [-0.15, -0.1) is 0 Å². The first-order valence-electron chi connectivity index (χ1n) is 6.28. The maximum absolute atomic E-state index is 12.1. The van der Waals surface area contributed by atoms with Gasteiger partial charge in [-0.3, -0.25) is 4.79 Å². The Balaban J connectivity index is 2.06. The zero-order chi connectivity index (χ0) is 12.3. The minimum atomic E-state index is -0.0591. The van der Waals surface area contributed by atoms with E-state index in [0.29, 0.717) is 6.54 Å². The third kappa shape index (κ3) is 2.67. The Morgan fingerprint density at radius 3 is 2.29 bits per heavy atom. The van der Waals surface area contributed by atoms with Gasteiger partial charge in [0.1, 0.15) is 0 Å². The van der Waals surface area contributed by atoms with Crippen molar-refractivity contribution >= 4 is 5.91 Å². The number of nitrogens with two attached hydrogens (primary N) is 1. The van der Waals surface area contributed by atoms with Crippen molar-refractivity contribution < 1.29 is 4.79 Å². The van der Waals surface area contributed by atoms with Crippen LogP contribution in [0, 0.1) is 5.92 Å². The molecule has 1 aliphatic rings. The average Bonchev–Trinajstić information content (AvgIpc) is 2.59. The van der Waals surface area contributed by atoms with E-state index >= 15 is 0 Å². The summed E-state index contributed by atoms with van der Waals surface area (Å²) in [5.74, 6) is 0.136. The van der Waals surface area contributed by atoms with Crippen LogP contribution in [0.5, 0.6) is 0 Å². The zero-order valence-electron chi connectivity index (χ0n) is 10.4. The van der Waals surface area contributed by atoms with Crippen LogP contribution in [0.25, 0.3) is 0 Å². The van der Waals surface area contributed by atoms with E-state index in [1.54, 1.807) is 0 Å². The molecule has 0 fully saturated rings. The second-order valence-corrected chi connectivity index (χ2v) is 4.73. The van der Waals surface area contributed by atoms with Gasteiger partial charge in [0, 0.05) is 25.6 Å². The molecule has 0 saturated heterocycles. The second-order valence-electron chi connectivity index (χ2n) is 4.73. The lowest BCUT2D eigenvalue weighted by Gasteiger charge is -2.23. The first-order valence-corrected chi connectivity index (χ1v) is 6.28. The van der Waals surface area contributed by atoms with Crippen molar-refractivity contribution in [3.8, 4) is 0 Å². The number of carbonyl (C=O) groups excluding carboxylic acids is 1. The average molecular weight is 232 g/mol. The van der Waals surface area contributed by atoms with Gasteiger partial charge in [0.05, 0.1) is 0 Å². The fourth-order valence-corrected chi connectivity index (χ4v) is 2.30. The van der Waals surface area contributed by atoms with E-state index in [1.165, 1.54) is 11.1 Å². The summed E-state index contributed by atoms with van der Waals surface area (Å²) in [7, 11) is 0. The molecule has 0 aliphatic carbocycles. The van der Waals surface area contributed by atoms with Crippen molar-refractivity contribution in [2.45, 2.75) is 19.8 Å². The van der Waals surface area contributed by atoms with Crippen molar-refractivity contribution in [1.29, 1.82) is 0 Å². The largest absolute Gasteiger partial charge is 0.342 e. The molecule has 1 atom stereocenters. The lowest BCUT2D eigenvalue weighted by molar-refractivity contribution is -0.134. The molecule has 0 aromatic heterocycles. The number of fused-ring (bicyclic) bond motifs is 1. The number of hydrogen-bond donors (Lipinski definition) is 1. The summed E-state index contributed by atoms with van der Waals surface area (Å²) in [6, 6.07) is 8.46. The predicted octanol–water partition coefficient (Wildman–Crippen LogP) is 1.21. The monoisotopic (exact) mass is 232 g/mol. The van der Waals surface area contributed by atoms with Gasteiger partial charge in [0.15, 0.2) is 0 Å². The smallest absolute Gasteiger partial charge is 0.226 e. The van der Waals surface area contributed by atoms with E-state index in [4.69, 9.17) is 5.73 Å². The maximum atomic E-state index is 12.1. The molecule has 2 N–H and O–H groups in total. The molecule has 1 amide bonds. The highest BCUT2D eigenvalue weighted by atomic mass is 16.2. The number of benzene rings is 1. The summed E-state index contributed by atoms with van der Waals surface area (Å²) in [5, 5.41) is 0. The van der Waals surface area contributed by atoms with Crippen LogP contribution in [0.2, 0.25) is 0 Å². The summed E-state index contributed by atoms with van der Waals surface area (Å²) in [6.45, 7) is 3.98. The Morgan fingerprint density at radius 2 is 1.82 bits per heavy atom. The topological polar surface area (TPSA) is 46.3 Å². The molecule has 3 nitrogen and oxygen atoms in total. The Bertz CT molecular complexity index is 376. The van der Waals surface area contributed by atoms with Crippen molar-refractivity contribution in [3.05, 3.63) is 35.4 Å². The quantitative estimate of drug-likeness (QED) is 0.833. The number of rotatable bonds is 2. The van der Waals surface area contributed by atoms with Gasteiger partial charge in [-0.05, 0) is 24.0 Å². The van der Waals surface area contributed by atoms with Gasteiger partial charge in [0.25, 0.3) is 0 Å². The first-order chi connectivity index (χ1) is 8.22. The van der Waals surface area contributed by atoms with E-state index < -0.39 is 0 Å². The summed E-state index contributed by atoms with van der Waals surface area (Å²) < 4.78 is 0. The molecule has 1 unspecified atom stereocenters.